The van der Waals surface area contributed by atoms with E-state index in [0.29, 0.717) is 54.2 Å². The Balaban J connectivity index is 1.20. The number of nitroso groups, excluding NO2 is 4. The lowest BCUT2D eigenvalue weighted by Gasteiger charge is -2.16. The molecular weight excluding hydrogens is 1280 g/mol. The van der Waals surface area contributed by atoms with E-state index in [-0.39, 0.29) is 94.9 Å². The zero-order valence-electron chi connectivity index (χ0n) is 37.6. The van der Waals surface area contributed by atoms with Crippen LogP contribution in [0.1, 0.15) is 22.3 Å². The lowest BCUT2D eigenvalue weighted by atomic mass is 9.95. The van der Waals surface area contributed by atoms with Crippen molar-refractivity contribution in [2.45, 2.75) is 49.9 Å². The molecular formula is C44H46Br4N8O12S4. The van der Waals surface area contributed by atoms with E-state index in [4.69, 9.17) is 0 Å². The third kappa shape index (κ3) is 19.2. The van der Waals surface area contributed by atoms with Gasteiger partial charge in [0.1, 0.15) is 23.0 Å². The fraction of sp³-hybridized carbons (Fsp3) is 0.364. The molecule has 0 aliphatic carbocycles. The predicted molar refractivity (Wildman–Crippen MR) is 297 cm³/mol. The second-order valence-corrected chi connectivity index (χ2v) is 24.1. The summed E-state index contributed by atoms with van der Waals surface area (Å²) in [7, 11) is 5.65. The first-order valence-corrected chi connectivity index (χ1v) is 29.5. The van der Waals surface area contributed by atoms with E-state index in [0.717, 1.165) is 0 Å². The Morgan fingerprint density at radius 1 is 0.417 bits per heavy atom. The molecule has 4 aromatic rings. The number of hydrogen-bond acceptors (Lipinski definition) is 20. The SMILES string of the molecule is O=NC(Cc1ccc(O)c(Br)c1)C(=O)NCCSSCCNC(=O)C(Cc1cc(Br)c(O)c(-c2cc(CC(N=O)C(=O)NCCSSCCNC(=O)C(Cc3ccc(O)c(Br)c3)N=O)cc(Br)c2O)c1)N=O. The van der Waals surface area contributed by atoms with Gasteiger partial charge in [-0.2, -0.15) is 0 Å². The predicted octanol–water partition coefficient (Wildman–Crippen LogP) is 8.56. The zero-order chi connectivity index (χ0) is 52.7. The number of phenols is 4. The highest BCUT2D eigenvalue weighted by Gasteiger charge is 2.26. The van der Waals surface area contributed by atoms with E-state index < -0.39 is 47.8 Å². The van der Waals surface area contributed by atoms with Gasteiger partial charge in [-0.3, -0.25) is 19.2 Å². The minimum Gasteiger partial charge on any atom is -0.507 e. The van der Waals surface area contributed by atoms with Crippen LogP contribution in [0.3, 0.4) is 0 Å². The third-order valence-electron chi connectivity index (χ3n) is 10.1. The van der Waals surface area contributed by atoms with Gasteiger partial charge in [-0.25, -0.2) is 0 Å². The molecule has 4 amide bonds. The Kier molecular flexibility index (Phi) is 26.3. The van der Waals surface area contributed by atoms with Gasteiger partial charge in [0.2, 0.25) is 23.6 Å². The summed E-state index contributed by atoms with van der Waals surface area (Å²) in [6, 6.07) is 10.2. The highest BCUT2D eigenvalue weighted by Crippen LogP contribution is 2.44. The topological polar surface area (TPSA) is 315 Å². The van der Waals surface area contributed by atoms with Crippen LogP contribution in [0.25, 0.3) is 11.1 Å². The highest BCUT2D eigenvalue weighted by atomic mass is 79.9. The van der Waals surface area contributed by atoms with Gasteiger partial charge in [-0.15, -0.1) is 19.6 Å². The number of phenolic OH excluding ortho intramolecular Hbond substituents is 4. The molecule has 0 aromatic heterocycles. The Morgan fingerprint density at radius 2 is 0.681 bits per heavy atom. The van der Waals surface area contributed by atoms with Gasteiger partial charge in [0.15, 0.2) is 24.2 Å². The molecule has 0 saturated heterocycles. The molecule has 8 N–H and O–H groups in total. The first-order valence-electron chi connectivity index (χ1n) is 21.4. The molecule has 0 heterocycles. The number of carbonyl (C=O) groups is 4. The van der Waals surface area contributed by atoms with Gasteiger partial charge >= 0.3 is 0 Å². The molecule has 4 aromatic carbocycles. The van der Waals surface area contributed by atoms with Crippen molar-refractivity contribution in [3.63, 3.8) is 0 Å². The van der Waals surface area contributed by atoms with Gasteiger partial charge in [-0.1, -0.05) is 76.0 Å². The smallest absolute Gasteiger partial charge is 0.248 e. The molecule has 0 spiro atoms. The van der Waals surface area contributed by atoms with Crippen molar-refractivity contribution >= 4 is 131 Å². The normalized spacial score (nSPS) is 12.7. The number of hydrogen-bond donors (Lipinski definition) is 8. The van der Waals surface area contributed by atoms with E-state index in [2.05, 4.69) is 106 Å². The number of nitrogens with one attached hydrogen (secondary N) is 4. The van der Waals surface area contributed by atoms with Crippen molar-refractivity contribution < 1.29 is 39.6 Å². The number of nitrogens with zero attached hydrogens (tertiary/aromatic N) is 4. The van der Waals surface area contributed by atoms with E-state index in [9.17, 15) is 59.2 Å². The summed E-state index contributed by atoms with van der Waals surface area (Å²) in [6.45, 7) is 0.895. The standard InChI is InChI=1S/C44H46Br4N8O12S4/c45-29-15-23(1-3-37(29)57)19-33(53-65)41(61)49-5-9-69-71-11-7-51-43(63)35(55-67)21-25-13-27(39(59)31(47)17-25)28-14-26(18-32(48)40(28)60)22-36(56-68)44(64)52-8-12-72-70-10-6-50-42(62)34(54-66)20-24-2-4-38(58)30(46)16-24/h1-4,13-18,33-36,57-60H,5-12,19-22H2,(H,49,61)(H,50,62)(H,51,63)(H,52,64). The summed E-state index contributed by atoms with van der Waals surface area (Å²) < 4.78 is 1.22. The van der Waals surface area contributed by atoms with E-state index in [1.165, 1.54) is 79.6 Å². The van der Waals surface area contributed by atoms with Gasteiger partial charge < -0.3 is 41.7 Å². The van der Waals surface area contributed by atoms with E-state index in [1.54, 1.807) is 24.3 Å². The van der Waals surface area contributed by atoms with Crippen molar-refractivity contribution in [1.29, 1.82) is 0 Å². The van der Waals surface area contributed by atoms with Crippen LogP contribution < -0.4 is 21.3 Å². The first kappa shape index (κ1) is 60.2. The molecule has 4 atom stereocenters. The number of halogens is 4. The second-order valence-electron chi connectivity index (χ2n) is 15.3. The number of aromatic hydroxyl groups is 4. The van der Waals surface area contributed by atoms with Gasteiger partial charge in [0, 0.05) is 86.0 Å². The van der Waals surface area contributed by atoms with Crippen molar-refractivity contribution in [2.75, 3.05) is 49.2 Å². The summed E-state index contributed by atoms with van der Waals surface area (Å²) in [6.07, 6.45) is -0.215. The van der Waals surface area contributed by atoms with Crippen molar-refractivity contribution in [3.8, 4) is 34.1 Å². The fourth-order valence-electron chi connectivity index (χ4n) is 6.49. The summed E-state index contributed by atoms with van der Waals surface area (Å²) in [4.78, 5) is 97.4. The summed E-state index contributed by atoms with van der Waals surface area (Å²) in [5.41, 5.74) is 2.30. The zero-order valence-corrected chi connectivity index (χ0v) is 47.2. The largest absolute Gasteiger partial charge is 0.507 e. The fourth-order valence-corrected chi connectivity index (χ4v) is 12.0. The molecule has 0 aliphatic heterocycles. The van der Waals surface area contributed by atoms with E-state index >= 15 is 0 Å². The number of carbonyl (C=O) groups excluding carboxylic acids is 4. The molecule has 0 saturated carbocycles. The third-order valence-corrected chi connectivity index (χ3v) is 17.4. The molecule has 72 heavy (non-hydrogen) atoms. The van der Waals surface area contributed by atoms with Gasteiger partial charge in [0.05, 0.1) is 17.9 Å². The molecule has 0 bridgehead atoms. The van der Waals surface area contributed by atoms with Crippen molar-refractivity contribution in [1.82, 2.24) is 21.3 Å². The van der Waals surface area contributed by atoms with Crippen LogP contribution in [-0.2, 0) is 44.9 Å². The van der Waals surface area contributed by atoms with Crippen LogP contribution in [0.5, 0.6) is 23.0 Å². The lowest BCUT2D eigenvalue weighted by Crippen LogP contribution is -2.36. The Labute approximate surface area is 461 Å². The number of benzene rings is 4. The minimum atomic E-state index is -1.36. The molecule has 4 rings (SSSR count). The van der Waals surface area contributed by atoms with Crippen LogP contribution >= 0.6 is 107 Å². The van der Waals surface area contributed by atoms with Crippen LogP contribution in [-0.4, -0.2) is 117 Å². The minimum absolute atomic E-state index is 0.0281. The average Bonchev–Trinajstić information content (AvgIpc) is 3.36. The van der Waals surface area contributed by atoms with Crippen LogP contribution in [0.4, 0.5) is 0 Å². The molecule has 0 radical (unpaired) electrons. The lowest BCUT2D eigenvalue weighted by molar-refractivity contribution is -0.122. The first-order chi connectivity index (χ1) is 34.5. The number of rotatable bonds is 31. The summed E-state index contributed by atoms with van der Waals surface area (Å²) in [5.74, 6) is -0.982. The second kappa shape index (κ2) is 31.4. The van der Waals surface area contributed by atoms with Gasteiger partial charge in [-0.05, 0) is 135 Å². The quantitative estimate of drug-likeness (QED) is 0.0133. The molecule has 28 heteroatoms. The van der Waals surface area contributed by atoms with Crippen LogP contribution in [0.2, 0.25) is 0 Å². The Morgan fingerprint density at radius 3 is 0.944 bits per heavy atom. The summed E-state index contributed by atoms with van der Waals surface area (Å²) in [5, 5.41) is 64.1. The molecule has 4 unspecified atom stereocenters. The molecule has 0 fully saturated rings. The Bertz CT molecular complexity index is 2420. The number of amides is 4. The molecule has 386 valence electrons. The monoisotopic (exact) mass is 1320 g/mol. The van der Waals surface area contributed by atoms with Crippen molar-refractivity contribution in [2.24, 2.45) is 20.7 Å². The average molecular weight is 1330 g/mol. The maximum atomic E-state index is 13.0. The van der Waals surface area contributed by atoms with E-state index in [1.807, 2.05) is 0 Å². The van der Waals surface area contributed by atoms with Crippen LogP contribution in [0.15, 0.2) is 99.3 Å². The molecule has 0 aliphatic rings. The highest BCUT2D eigenvalue weighted by molar-refractivity contribution is 9.11. The maximum absolute atomic E-state index is 13.0. The molecule has 20 nitrogen and oxygen atoms in total. The summed E-state index contributed by atoms with van der Waals surface area (Å²) >= 11 is 13.0. The maximum Gasteiger partial charge on any atom is 0.248 e. The van der Waals surface area contributed by atoms with Crippen LogP contribution in [0, 0.1) is 19.6 Å². The van der Waals surface area contributed by atoms with Crippen molar-refractivity contribution in [3.05, 3.63) is 120 Å². The van der Waals surface area contributed by atoms with Gasteiger partial charge in [0.25, 0.3) is 0 Å². The Hall–Kier alpha value is -4.32.